The Morgan fingerprint density at radius 1 is 1.38 bits per heavy atom. The van der Waals surface area contributed by atoms with E-state index >= 15 is 0 Å². The molecule has 1 aliphatic heterocycles. The van der Waals surface area contributed by atoms with E-state index in [0.29, 0.717) is 31.0 Å². The minimum atomic E-state index is -1.50. The smallest absolute Gasteiger partial charge is 0.254 e. The van der Waals surface area contributed by atoms with Crippen LogP contribution in [0.1, 0.15) is 25.3 Å². The van der Waals surface area contributed by atoms with Gasteiger partial charge in [0.1, 0.15) is 0 Å². The molecule has 1 heterocycles. The van der Waals surface area contributed by atoms with E-state index in [1.54, 1.807) is 12.1 Å². The number of aliphatic hydroxyl groups is 1. The number of carbonyl (C=O) groups excluding carboxylic acids is 2. The van der Waals surface area contributed by atoms with Crippen molar-refractivity contribution in [1.82, 2.24) is 10.2 Å². The normalized spacial score (nSPS) is 22.0. The zero-order valence-corrected chi connectivity index (χ0v) is 12.7. The van der Waals surface area contributed by atoms with Crippen molar-refractivity contribution in [2.24, 2.45) is 0 Å². The molecule has 0 unspecified atom stereocenters. The molecular weight excluding hydrogens is 292 g/mol. The van der Waals surface area contributed by atoms with Crippen LogP contribution in [0.4, 0.5) is 0 Å². The number of nitrogens with zero attached hydrogens (tertiary/aromatic N) is 1. The average Bonchev–Trinajstić information content (AvgIpc) is 2.46. The van der Waals surface area contributed by atoms with Crippen LogP contribution in [0, 0.1) is 0 Å². The summed E-state index contributed by atoms with van der Waals surface area (Å²) in [5.41, 5.74) is -0.605. The molecule has 21 heavy (non-hydrogen) atoms. The Hall–Kier alpha value is -1.59. The first-order chi connectivity index (χ1) is 9.90. The monoisotopic (exact) mass is 310 g/mol. The maximum absolute atomic E-state index is 12.2. The van der Waals surface area contributed by atoms with Crippen LogP contribution in [0.3, 0.4) is 0 Å². The predicted molar refractivity (Wildman–Crippen MR) is 79.7 cm³/mol. The molecule has 0 saturated carbocycles. The van der Waals surface area contributed by atoms with E-state index in [1.165, 1.54) is 11.8 Å². The maximum Gasteiger partial charge on any atom is 0.254 e. The van der Waals surface area contributed by atoms with E-state index in [-0.39, 0.29) is 12.5 Å². The van der Waals surface area contributed by atoms with Crippen LogP contribution in [0.2, 0.25) is 5.02 Å². The Bertz CT molecular complexity index is 532. The van der Waals surface area contributed by atoms with E-state index in [1.807, 2.05) is 12.1 Å². The van der Waals surface area contributed by atoms with E-state index in [9.17, 15) is 14.7 Å². The number of rotatable bonds is 3. The van der Waals surface area contributed by atoms with Crippen molar-refractivity contribution in [3.8, 4) is 0 Å². The van der Waals surface area contributed by atoms with Crippen molar-refractivity contribution in [2.75, 3.05) is 13.1 Å². The Labute approximate surface area is 128 Å². The third-order valence-corrected chi connectivity index (χ3v) is 3.96. The van der Waals surface area contributed by atoms with Gasteiger partial charge in [-0.05, 0) is 30.5 Å². The molecule has 1 saturated heterocycles. The van der Waals surface area contributed by atoms with Gasteiger partial charge in [0.05, 0.1) is 6.54 Å². The van der Waals surface area contributed by atoms with Gasteiger partial charge in [0.15, 0.2) is 5.60 Å². The van der Waals surface area contributed by atoms with Gasteiger partial charge in [-0.1, -0.05) is 23.7 Å². The second kappa shape index (κ2) is 6.45. The summed E-state index contributed by atoms with van der Waals surface area (Å²) in [5.74, 6) is -0.568. The first kappa shape index (κ1) is 15.8. The fourth-order valence-corrected chi connectivity index (χ4v) is 2.57. The van der Waals surface area contributed by atoms with E-state index in [2.05, 4.69) is 5.32 Å². The van der Waals surface area contributed by atoms with Gasteiger partial charge < -0.3 is 15.3 Å². The second-order valence-corrected chi connectivity index (χ2v) is 5.82. The van der Waals surface area contributed by atoms with E-state index in [0.717, 1.165) is 5.56 Å². The third kappa shape index (κ3) is 3.95. The highest BCUT2D eigenvalue weighted by atomic mass is 35.5. The average molecular weight is 311 g/mol. The molecule has 1 aliphatic rings. The molecule has 0 bridgehead atoms. The van der Waals surface area contributed by atoms with Crippen molar-refractivity contribution in [2.45, 2.75) is 31.9 Å². The Balaban J connectivity index is 1.95. The van der Waals surface area contributed by atoms with Crippen LogP contribution in [0.5, 0.6) is 0 Å². The molecule has 1 aromatic carbocycles. The van der Waals surface area contributed by atoms with Crippen molar-refractivity contribution in [1.29, 1.82) is 0 Å². The number of β-amino-alcohol motifs (C(OH)–C–C–N with tert-alkyl or cyclic N) is 1. The SMILES string of the molecule is CC(=O)N1CCC[C@](O)(C(=O)NCc2ccc(Cl)cc2)C1. The summed E-state index contributed by atoms with van der Waals surface area (Å²) in [6, 6.07) is 7.12. The lowest BCUT2D eigenvalue weighted by molar-refractivity contribution is -0.150. The number of piperidine rings is 1. The molecule has 114 valence electrons. The molecule has 1 atom stereocenters. The molecule has 0 spiro atoms. The van der Waals surface area contributed by atoms with Crippen LogP contribution < -0.4 is 5.32 Å². The van der Waals surface area contributed by atoms with Gasteiger partial charge in [-0.3, -0.25) is 9.59 Å². The topological polar surface area (TPSA) is 69.6 Å². The molecule has 0 radical (unpaired) electrons. The van der Waals surface area contributed by atoms with Crippen molar-refractivity contribution < 1.29 is 14.7 Å². The third-order valence-electron chi connectivity index (χ3n) is 3.71. The lowest BCUT2D eigenvalue weighted by Crippen LogP contribution is -2.57. The van der Waals surface area contributed by atoms with Crippen LogP contribution in [0.15, 0.2) is 24.3 Å². The fraction of sp³-hybridized carbons (Fsp3) is 0.467. The molecule has 6 heteroatoms. The zero-order chi connectivity index (χ0) is 15.5. The summed E-state index contributed by atoms with van der Waals surface area (Å²) in [7, 11) is 0. The van der Waals surface area contributed by atoms with Crippen molar-refractivity contribution in [3.05, 3.63) is 34.9 Å². The van der Waals surface area contributed by atoms with Gasteiger partial charge in [-0.15, -0.1) is 0 Å². The largest absolute Gasteiger partial charge is 0.378 e. The van der Waals surface area contributed by atoms with Crippen LogP contribution in [0.25, 0.3) is 0 Å². The number of amides is 2. The van der Waals surface area contributed by atoms with Crippen LogP contribution >= 0.6 is 11.6 Å². The summed E-state index contributed by atoms with van der Waals surface area (Å²) in [6.07, 6.45) is 0.980. The molecule has 0 aromatic heterocycles. The molecular formula is C15H19ClN2O3. The summed E-state index contributed by atoms with van der Waals surface area (Å²) in [4.78, 5) is 25.1. The van der Waals surface area contributed by atoms with Gasteiger partial charge in [-0.2, -0.15) is 0 Å². The number of halogens is 1. The van der Waals surface area contributed by atoms with Gasteiger partial charge in [0.25, 0.3) is 5.91 Å². The maximum atomic E-state index is 12.2. The Morgan fingerprint density at radius 3 is 2.67 bits per heavy atom. The standard InChI is InChI=1S/C15H19ClN2O3/c1-11(19)18-8-2-7-15(21,10-18)14(20)17-9-12-3-5-13(16)6-4-12/h3-6,21H,2,7-10H2,1H3,(H,17,20)/t15-/m1/s1. The molecule has 0 aliphatic carbocycles. The minimum Gasteiger partial charge on any atom is -0.378 e. The fourth-order valence-electron chi connectivity index (χ4n) is 2.44. The Morgan fingerprint density at radius 2 is 2.05 bits per heavy atom. The summed E-state index contributed by atoms with van der Waals surface area (Å²) in [5, 5.41) is 13.8. The molecule has 2 N–H and O–H groups in total. The van der Waals surface area contributed by atoms with Crippen LogP contribution in [-0.4, -0.2) is 40.5 Å². The minimum absolute atomic E-state index is 0.0504. The number of benzene rings is 1. The molecule has 2 amide bonds. The number of carbonyl (C=O) groups is 2. The molecule has 5 nitrogen and oxygen atoms in total. The van der Waals surface area contributed by atoms with E-state index in [4.69, 9.17) is 11.6 Å². The number of hydrogen-bond donors (Lipinski definition) is 2. The van der Waals surface area contributed by atoms with Crippen molar-refractivity contribution >= 4 is 23.4 Å². The quantitative estimate of drug-likeness (QED) is 0.885. The first-order valence-electron chi connectivity index (χ1n) is 6.91. The van der Waals surface area contributed by atoms with Gasteiger partial charge >= 0.3 is 0 Å². The molecule has 1 aromatic rings. The first-order valence-corrected chi connectivity index (χ1v) is 7.29. The van der Waals surface area contributed by atoms with Crippen LogP contribution in [-0.2, 0) is 16.1 Å². The van der Waals surface area contributed by atoms with E-state index < -0.39 is 11.5 Å². The number of hydrogen-bond acceptors (Lipinski definition) is 3. The number of likely N-dealkylation sites (tertiary alicyclic amines) is 1. The summed E-state index contributed by atoms with van der Waals surface area (Å²) < 4.78 is 0. The number of nitrogens with one attached hydrogen (secondary N) is 1. The highest BCUT2D eigenvalue weighted by Gasteiger charge is 2.40. The van der Waals surface area contributed by atoms with Crippen molar-refractivity contribution in [3.63, 3.8) is 0 Å². The Kier molecular flexibility index (Phi) is 4.85. The zero-order valence-electron chi connectivity index (χ0n) is 11.9. The summed E-state index contributed by atoms with van der Waals surface area (Å²) >= 11 is 5.80. The highest BCUT2D eigenvalue weighted by molar-refractivity contribution is 6.30. The lowest BCUT2D eigenvalue weighted by atomic mass is 9.91. The summed E-state index contributed by atoms with van der Waals surface area (Å²) in [6.45, 7) is 2.40. The molecule has 1 fully saturated rings. The highest BCUT2D eigenvalue weighted by Crippen LogP contribution is 2.21. The predicted octanol–water partition coefficient (Wildman–Crippen LogP) is 1.33. The van der Waals surface area contributed by atoms with Gasteiger partial charge in [0.2, 0.25) is 5.91 Å². The van der Waals surface area contributed by atoms with Gasteiger partial charge in [0, 0.05) is 25.0 Å². The van der Waals surface area contributed by atoms with Gasteiger partial charge in [-0.25, -0.2) is 0 Å². The molecule has 2 rings (SSSR count). The lowest BCUT2D eigenvalue weighted by Gasteiger charge is -2.37. The second-order valence-electron chi connectivity index (χ2n) is 5.38.